The fourth-order valence-corrected chi connectivity index (χ4v) is 1.80. The summed E-state index contributed by atoms with van der Waals surface area (Å²) in [6, 6.07) is -0.458. The Balaban J connectivity index is 2.36. The van der Waals surface area contributed by atoms with Crippen molar-refractivity contribution in [2.75, 3.05) is 12.5 Å². The Hall–Kier alpha value is -0.810. The van der Waals surface area contributed by atoms with Crippen LogP contribution in [-0.4, -0.2) is 36.1 Å². The minimum atomic E-state index is -0.495. The molecule has 1 fully saturated rings. The summed E-state index contributed by atoms with van der Waals surface area (Å²) in [5.74, 6) is -0.711. The molecule has 1 atom stereocenters. The van der Waals surface area contributed by atoms with Gasteiger partial charge in [-0.25, -0.2) is 4.79 Å². The summed E-state index contributed by atoms with van der Waals surface area (Å²) in [6.07, 6.45) is 1.49. The molecule has 0 saturated carbocycles. The molecule has 92 valence electrons. The Labute approximate surface area is 99.9 Å². The number of nitrogens with one attached hydrogen (secondary N) is 2. The zero-order valence-corrected chi connectivity index (χ0v) is 10.3. The lowest BCUT2D eigenvalue weighted by molar-refractivity contribution is -0.117. The van der Waals surface area contributed by atoms with Crippen LogP contribution in [0.15, 0.2) is 0 Å². The summed E-state index contributed by atoms with van der Waals surface area (Å²) in [7, 11) is 0. The minimum absolute atomic E-state index is 0.0341. The summed E-state index contributed by atoms with van der Waals surface area (Å²) in [4.78, 5) is 22.2. The first-order valence-electron chi connectivity index (χ1n) is 5.23. The lowest BCUT2D eigenvalue weighted by Gasteiger charge is -2.35. The number of alkyl halides is 1. The molecule has 3 amide bonds. The second-order valence-electron chi connectivity index (χ2n) is 4.45. The van der Waals surface area contributed by atoms with Gasteiger partial charge in [0.1, 0.15) is 5.88 Å². The van der Waals surface area contributed by atoms with E-state index in [9.17, 15) is 9.59 Å². The topological polar surface area (TPSA) is 67.4 Å². The predicted octanol–water partition coefficient (Wildman–Crippen LogP) is 1.01. The summed E-state index contributed by atoms with van der Waals surface area (Å²) in [5, 5.41) is 4.87. The van der Waals surface area contributed by atoms with Gasteiger partial charge >= 0.3 is 6.03 Å². The van der Waals surface area contributed by atoms with Crippen LogP contribution in [0.5, 0.6) is 0 Å². The Bertz CT molecular complexity index is 281. The Morgan fingerprint density at radius 1 is 1.50 bits per heavy atom. The summed E-state index contributed by atoms with van der Waals surface area (Å²) in [6.45, 7) is 4.56. The third-order valence-corrected chi connectivity index (χ3v) is 2.65. The van der Waals surface area contributed by atoms with E-state index in [4.69, 9.17) is 16.3 Å². The quantitative estimate of drug-likeness (QED) is 0.717. The van der Waals surface area contributed by atoms with E-state index in [-0.39, 0.29) is 17.5 Å². The number of amides is 3. The molecule has 1 saturated heterocycles. The van der Waals surface area contributed by atoms with Gasteiger partial charge in [-0.05, 0) is 26.7 Å². The zero-order valence-electron chi connectivity index (χ0n) is 9.51. The number of urea groups is 1. The van der Waals surface area contributed by atoms with Crippen molar-refractivity contribution in [2.45, 2.75) is 38.3 Å². The van der Waals surface area contributed by atoms with Crippen LogP contribution in [0, 0.1) is 0 Å². The van der Waals surface area contributed by atoms with E-state index in [2.05, 4.69) is 10.6 Å². The first kappa shape index (κ1) is 13.3. The van der Waals surface area contributed by atoms with Crippen molar-refractivity contribution in [1.82, 2.24) is 10.6 Å². The van der Waals surface area contributed by atoms with Crippen LogP contribution in [0.1, 0.15) is 26.7 Å². The number of rotatable bonds is 2. The van der Waals surface area contributed by atoms with Crippen molar-refractivity contribution in [3.05, 3.63) is 0 Å². The normalized spacial score (nSPS) is 23.6. The predicted molar refractivity (Wildman–Crippen MR) is 60.4 cm³/mol. The van der Waals surface area contributed by atoms with Crippen molar-refractivity contribution in [2.24, 2.45) is 0 Å². The van der Waals surface area contributed by atoms with Crippen LogP contribution in [0.4, 0.5) is 4.79 Å². The van der Waals surface area contributed by atoms with E-state index in [1.165, 1.54) is 0 Å². The molecular formula is C10H17ClN2O3. The molecule has 2 N–H and O–H groups in total. The summed E-state index contributed by atoms with van der Waals surface area (Å²) < 4.78 is 5.52. The Morgan fingerprint density at radius 2 is 2.19 bits per heavy atom. The number of hydrogen-bond donors (Lipinski definition) is 2. The van der Waals surface area contributed by atoms with Gasteiger partial charge in [0.25, 0.3) is 0 Å². The average molecular weight is 249 g/mol. The van der Waals surface area contributed by atoms with Gasteiger partial charge in [0, 0.05) is 12.6 Å². The van der Waals surface area contributed by atoms with E-state index < -0.39 is 11.9 Å². The standard InChI is InChI=1S/C10H17ClN2O3/c1-10(2)5-7(3-4-16-10)12-9(15)13-8(14)6-11/h7H,3-6H2,1-2H3,(H2,12,13,14,15). The molecule has 1 unspecified atom stereocenters. The third-order valence-electron chi connectivity index (χ3n) is 2.41. The van der Waals surface area contributed by atoms with Gasteiger partial charge in [0.05, 0.1) is 5.60 Å². The van der Waals surface area contributed by atoms with Crippen molar-refractivity contribution < 1.29 is 14.3 Å². The molecule has 1 heterocycles. The van der Waals surface area contributed by atoms with Crippen LogP contribution in [-0.2, 0) is 9.53 Å². The number of hydrogen-bond acceptors (Lipinski definition) is 3. The molecule has 0 radical (unpaired) electrons. The van der Waals surface area contributed by atoms with Gasteiger partial charge in [-0.2, -0.15) is 0 Å². The molecule has 16 heavy (non-hydrogen) atoms. The molecule has 0 aliphatic carbocycles. The van der Waals surface area contributed by atoms with Crippen LogP contribution in [0.25, 0.3) is 0 Å². The minimum Gasteiger partial charge on any atom is -0.375 e. The molecule has 0 spiro atoms. The maximum absolute atomic E-state index is 11.3. The lowest BCUT2D eigenvalue weighted by Crippen LogP contribution is -2.50. The van der Waals surface area contributed by atoms with Crippen LogP contribution in [0.3, 0.4) is 0 Å². The van der Waals surface area contributed by atoms with Crippen molar-refractivity contribution in [3.63, 3.8) is 0 Å². The SMILES string of the molecule is CC1(C)CC(NC(=O)NC(=O)CCl)CCO1. The Morgan fingerprint density at radius 3 is 2.75 bits per heavy atom. The lowest BCUT2D eigenvalue weighted by atomic mass is 9.94. The van der Waals surface area contributed by atoms with Crippen LogP contribution in [0.2, 0.25) is 0 Å². The second kappa shape index (κ2) is 5.50. The number of carbonyl (C=O) groups is 2. The second-order valence-corrected chi connectivity index (χ2v) is 4.72. The van der Waals surface area contributed by atoms with Gasteiger partial charge in [0.15, 0.2) is 0 Å². The molecule has 0 aromatic rings. The third kappa shape index (κ3) is 4.37. The zero-order chi connectivity index (χ0) is 12.2. The molecule has 1 rings (SSSR count). The number of carbonyl (C=O) groups excluding carboxylic acids is 2. The maximum Gasteiger partial charge on any atom is 0.321 e. The fourth-order valence-electron chi connectivity index (χ4n) is 1.74. The molecule has 0 aromatic heterocycles. The highest BCUT2D eigenvalue weighted by molar-refractivity contribution is 6.28. The van der Waals surface area contributed by atoms with E-state index in [1.807, 2.05) is 13.8 Å². The maximum atomic E-state index is 11.3. The smallest absolute Gasteiger partial charge is 0.321 e. The van der Waals surface area contributed by atoms with Crippen LogP contribution < -0.4 is 10.6 Å². The molecule has 6 heteroatoms. The van der Waals surface area contributed by atoms with E-state index in [1.54, 1.807) is 0 Å². The molecule has 0 bridgehead atoms. The first-order valence-corrected chi connectivity index (χ1v) is 5.77. The monoisotopic (exact) mass is 248 g/mol. The number of imide groups is 1. The average Bonchev–Trinajstić information content (AvgIpc) is 2.15. The van der Waals surface area contributed by atoms with Crippen molar-refractivity contribution in [1.29, 1.82) is 0 Å². The highest BCUT2D eigenvalue weighted by Gasteiger charge is 2.29. The van der Waals surface area contributed by atoms with E-state index in [0.29, 0.717) is 6.61 Å². The molecule has 0 aromatic carbocycles. The van der Waals surface area contributed by atoms with Crippen molar-refractivity contribution in [3.8, 4) is 0 Å². The van der Waals surface area contributed by atoms with Gasteiger partial charge < -0.3 is 10.1 Å². The fraction of sp³-hybridized carbons (Fsp3) is 0.800. The number of halogens is 1. The van der Waals surface area contributed by atoms with Gasteiger partial charge in [-0.15, -0.1) is 11.6 Å². The number of ether oxygens (including phenoxy) is 1. The van der Waals surface area contributed by atoms with Crippen molar-refractivity contribution >= 4 is 23.5 Å². The van der Waals surface area contributed by atoms with Gasteiger partial charge in [0.2, 0.25) is 5.91 Å². The Kier molecular flexibility index (Phi) is 4.56. The molecule has 1 aliphatic rings. The summed E-state index contributed by atoms with van der Waals surface area (Å²) in [5.41, 5.74) is -0.229. The first-order chi connectivity index (χ1) is 7.43. The van der Waals surface area contributed by atoms with Gasteiger partial charge in [-0.1, -0.05) is 0 Å². The highest BCUT2D eigenvalue weighted by Crippen LogP contribution is 2.23. The molecule has 1 aliphatic heterocycles. The van der Waals surface area contributed by atoms with E-state index >= 15 is 0 Å². The molecule has 5 nitrogen and oxygen atoms in total. The van der Waals surface area contributed by atoms with Gasteiger partial charge in [-0.3, -0.25) is 10.1 Å². The molecular weight excluding hydrogens is 232 g/mol. The highest BCUT2D eigenvalue weighted by atomic mass is 35.5. The summed E-state index contributed by atoms with van der Waals surface area (Å²) >= 11 is 5.27. The largest absolute Gasteiger partial charge is 0.375 e. The van der Waals surface area contributed by atoms with Crippen LogP contribution >= 0.6 is 11.6 Å². The van der Waals surface area contributed by atoms with E-state index in [0.717, 1.165) is 12.8 Å².